The molecule has 35 heavy (non-hydrogen) atoms. The van der Waals surface area contributed by atoms with Gasteiger partial charge in [-0.3, -0.25) is 9.69 Å². The topological polar surface area (TPSA) is 114 Å². The number of hydrogen-bond acceptors (Lipinski definition) is 6. The Bertz CT molecular complexity index is 1540. The van der Waals surface area contributed by atoms with Crippen LogP contribution in [0.4, 0.5) is 24.8 Å². The molecule has 0 fully saturated rings. The molecule has 0 atom stereocenters. The summed E-state index contributed by atoms with van der Waals surface area (Å²) < 4.78 is 42.3. The highest BCUT2D eigenvalue weighted by Crippen LogP contribution is 2.40. The molecule has 0 bridgehead atoms. The van der Waals surface area contributed by atoms with Crippen LogP contribution in [-0.4, -0.2) is 25.7 Å². The molecule has 0 saturated carbocycles. The minimum atomic E-state index is -4.60. The number of pyridine rings is 1. The van der Waals surface area contributed by atoms with Gasteiger partial charge in [-0.15, -0.1) is 10.2 Å². The summed E-state index contributed by atoms with van der Waals surface area (Å²) in [4.78, 5) is 18.4. The number of benzene rings is 2. The van der Waals surface area contributed by atoms with Gasteiger partial charge in [0.15, 0.2) is 5.82 Å². The first-order valence-electron chi connectivity index (χ1n) is 10.3. The van der Waals surface area contributed by atoms with Gasteiger partial charge in [0.25, 0.3) is 5.91 Å². The number of carbonyl (C=O) groups excluding carboxylic acids is 1. The van der Waals surface area contributed by atoms with E-state index >= 15 is 0 Å². The normalized spacial score (nSPS) is 13.1. The third-order valence-electron chi connectivity index (χ3n) is 5.79. The first-order chi connectivity index (χ1) is 16.7. The molecule has 1 aliphatic heterocycles. The highest BCUT2D eigenvalue weighted by molar-refractivity contribution is 6.10. The summed E-state index contributed by atoms with van der Waals surface area (Å²) in [5.41, 5.74) is 7.18. The summed E-state index contributed by atoms with van der Waals surface area (Å²) in [6, 6.07) is 13.7. The van der Waals surface area contributed by atoms with Gasteiger partial charge in [0, 0.05) is 18.2 Å². The Hall–Kier alpha value is -4.72. The number of anilines is 2. The molecule has 4 aromatic rings. The third kappa shape index (κ3) is 3.74. The van der Waals surface area contributed by atoms with Crippen LogP contribution in [0.25, 0.3) is 22.5 Å². The quantitative estimate of drug-likeness (QED) is 0.476. The molecular formula is C24H16F3N7O. The molecule has 2 aromatic heterocycles. The molecule has 1 amide bonds. The molecule has 8 nitrogen and oxygen atoms in total. The average molecular weight is 475 g/mol. The van der Waals surface area contributed by atoms with Crippen molar-refractivity contribution in [1.82, 2.24) is 19.7 Å². The number of nitriles is 1. The predicted molar refractivity (Wildman–Crippen MR) is 121 cm³/mol. The number of aryl methyl sites for hydroxylation is 1. The van der Waals surface area contributed by atoms with Crippen molar-refractivity contribution in [3.63, 3.8) is 0 Å². The van der Waals surface area contributed by atoms with Gasteiger partial charge in [0.05, 0.1) is 23.7 Å². The summed E-state index contributed by atoms with van der Waals surface area (Å²) >= 11 is 0. The van der Waals surface area contributed by atoms with Gasteiger partial charge in [0.1, 0.15) is 18.0 Å². The Morgan fingerprint density at radius 3 is 2.57 bits per heavy atom. The molecule has 0 spiro atoms. The summed E-state index contributed by atoms with van der Waals surface area (Å²) in [6.07, 6.45) is -3.07. The molecule has 1 aliphatic rings. The smallest absolute Gasteiger partial charge is 0.384 e. The molecule has 5 rings (SSSR count). The van der Waals surface area contributed by atoms with Gasteiger partial charge in [-0.25, -0.2) is 4.98 Å². The highest BCUT2D eigenvalue weighted by Gasteiger charge is 2.40. The second-order valence-electron chi connectivity index (χ2n) is 8.00. The predicted octanol–water partition coefficient (Wildman–Crippen LogP) is 4.18. The van der Waals surface area contributed by atoms with Crippen LogP contribution in [0, 0.1) is 11.3 Å². The van der Waals surface area contributed by atoms with E-state index in [0.29, 0.717) is 28.1 Å². The van der Waals surface area contributed by atoms with Crippen molar-refractivity contribution in [3.05, 3.63) is 77.1 Å². The molecule has 0 radical (unpaired) electrons. The lowest BCUT2D eigenvalue weighted by Crippen LogP contribution is -2.24. The van der Waals surface area contributed by atoms with Crippen molar-refractivity contribution in [3.8, 4) is 28.6 Å². The van der Waals surface area contributed by atoms with Crippen LogP contribution in [0.1, 0.15) is 27.0 Å². The standard InChI is InChI=1S/C24H16F3N7O/c1-33-12-30-32-22(33)15-6-5-13(10-28)7-17(15)14-8-20(29)31-21(9-14)34-11-18-16(23(34)35)3-2-4-19(18)24(25,26)27/h2-9,12H,11H2,1H3,(H2,29,31). The Labute approximate surface area is 197 Å². The van der Waals surface area contributed by atoms with E-state index in [1.165, 1.54) is 18.5 Å². The number of rotatable bonds is 3. The van der Waals surface area contributed by atoms with Crippen LogP contribution in [0.2, 0.25) is 0 Å². The molecule has 0 saturated heterocycles. The first kappa shape index (κ1) is 22.1. The van der Waals surface area contributed by atoms with Crippen LogP contribution in [0.3, 0.4) is 0 Å². The maximum atomic E-state index is 13.5. The molecular weight excluding hydrogens is 459 g/mol. The zero-order valence-electron chi connectivity index (χ0n) is 18.2. The van der Waals surface area contributed by atoms with Crippen LogP contribution < -0.4 is 10.6 Å². The van der Waals surface area contributed by atoms with E-state index in [1.807, 2.05) is 0 Å². The number of amides is 1. The molecule has 174 valence electrons. The zero-order chi connectivity index (χ0) is 24.9. The number of nitrogens with two attached hydrogens (primary N) is 1. The van der Waals surface area contributed by atoms with Gasteiger partial charge in [-0.2, -0.15) is 18.4 Å². The van der Waals surface area contributed by atoms with Crippen molar-refractivity contribution < 1.29 is 18.0 Å². The van der Waals surface area contributed by atoms with Gasteiger partial charge in [-0.1, -0.05) is 6.07 Å². The number of aromatic nitrogens is 4. The van der Waals surface area contributed by atoms with E-state index < -0.39 is 17.6 Å². The van der Waals surface area contributed by atoms with Crippen LogP contribution in [0.5, 0.6) is 0 Å². The molecule has 2 aromatic carbocycles. The van der Waals surface area contributed by atoms with Crippen LogP contribution >= 0.6 is 0 Å². The Morgan fingerprint density at radius 1 is 1.09 bits per heavy atom. The van der Waals surface area contributed by atoms with Gasteiger partial charge in [0.2, 0.25) is 0 Å². The first-order valence-corrected chi connectivity index (χ1v) is 10.3. The van der Waals surface area contributed by atoms with E-state index in [-0.39, 0.29) is 29.3 Å². The van der Waals surface area contributed by atoms with Crippen molar-refractivity contribution in [1.29, 1.82) is 5.26 Å². The van der Waals surface area contributed by atoms with Crippen molar-refractivity contribution in [2.45, 2.75) is 12.7 Å². The number of fused-ring (bicyclic) bond motifs is 1. The van der Waals surface area contributed by atoms with Crippen LogP contribution in [0.15, 0.2) is 54.9 Å². The van der Waals surface area contributed by atoms with Crippen molar-refractivity contribution >= 4 is 17.5 Å². The summed E-state index contributed by atoms with van der Waals surface area (Å²) in [6.45, 7) is -0.297. The monoisotopic (exact) mass is 475 g/mol. The minimum absolute atomic E-state index is 0.0307. The van der Waals surface area contributed by atoms with E-state index in [0.717, 1.165) is 11.0 Å². The number of nitrogens with zero attached hydrogens (tertiary/aromatic N) is 6. The lowest BCUT2D eigenvalue weighted by atomic mass is 9.97. The zero-order valence-corrected chi connectivity index (χ0v) is 18.2. The number of nitrogen functional groups attached to an aromatic ring is 1. The van der Waals surface area contributed by atoms with Gasteiger partial charge >= 0.3 is 6.18 Å². The number of halogens is 3. The van der Waals surface area contributed by atoms with Gasteiger partial charge in [-0.05, 0) is 59.2 Å². The molecule has 11 heteroatoms. The Kier molecular flexibility index (Phi) is 5.02. The average Bonchev–Trinajstić information content (AvgIpc) is 3.40. The summed E-state index contributed by atoms with van der Waals surface area (Å²) in [7, 11) is 1.77. The molecule has 3 heterocycles. The number of hydrogen-bond donors (Lipinski definition) is 1. The van der Waals surface area contributed by atoms with E-state index in [2.05, 4.69) is 21.3 Å². The fourth-order valence-electron chi connectivity index (χ4n) is 4.19. The Balaban J connectivity index is 1.63. The van der Waals surface area contributed by atoms with Crippen LogP contribution in [-0.2, 0) is 19.8 Å². The van der Waals surface area contributed by atoms with E-state index in [9.17, 15) is 23.2 Å². The highest BCUT2D eigenvalue weighted by atomic mass is 19.4. The SMILES string of the molecule is Cn1cnnc1-c1ccc(C#N)cc1-c1cc(N)nc(N2Cc3c(cccc3C(F)(F)F)C2=O)c1. The van der Waals surface area contributed by atoms with Crippen molar-refractivity contribution in [2.24, 2.45) is 7.05 Å². The fourth-order valence-corrected chi connectivity index (χ4v) is 4.19. The summed E-state index contributed by atoms with van der Waals surface area (Å²) in [5.74, 6) is 0.0829. The number of carbonyl (C=O) groups is 1. The molecule has 2 N–H and O–H groups in total. The minimum Gasteiger partial charge on any atom is -0.384 e. The lowest BCUT2D eigenvalue weighted by Gasteiger charge is -2.18. The lowest BCUT2D eigenvalue weighted by molar-refractivity contribution is -0.138. The second-order valence-corrected chi connectivity index (χ2v) is 8.00. The van der Waals surface area contributed by atoms with E-state index in [1.54, 1.807) is 41.9 Å². The fraction of sp³-hybridized carbons (Fsp3) is 0.125. The number of alkyl halides is 3. The summed E-state index contributed by atoms with van der Waals surface area (Å²) in [5, 5.41) is 17.5. The Morgan fingerprint density at radius 2 is 1.89 bits per heavy atom. The maximum absolute atomic E-state index is 13.5. The van der Waals surface area contributed by atoms with E-state index in [4.69, 9.17) is 5.73 Å². The molecule has 0 aliphatic carbocycles. The second kappa shape index (κ2) is 7.95. The third-order valence-corrected chi connectivity index (χ3v) is 5.79. The van der Waals surface area contributed by atoms with Gasteiger partial charge < -0.3 is 10.3 Å². The van der Waals surface area contributed by atoms with Crippen molar-refractivity contribution in [2.75, 3.05) is 10.6 Å². The maximum Gasteiger partial charge on any atom is 0.416 e. The molecule has 0 unspecified atom stereocenters. The largest absolute Gasteiger partial charge is 0.416 e.